The van der Waals surface area contributed by atoms with Gasteiger partial charge in [0.05, 0.1) is 5.56 Å². The summed E-state index contributed by atoms with van der Waals surface area (Å²) in [7, 11) is 0. The van der Waals surface area contributed by atoms with Gasteiger partial charge in [0.25, 0.3) is 5.91 Å². The molecule has 1 fully saturated rings. The first-order valence-electron chi connectivity index (χ1n) is 8.97. The van der Waals surface area contributed by atoms with Gasteiger partial charge in [-0.2, -0.15) is 0 Å². The molecule has 2 amide bonds. The van der Waals surface area contributed by atoms with Crippen LogP contribution in [0.1, 0.15) is 50.9 Å². The van der Waals surface area contributed by atoms with Crippen molar-refractivity contribution >= 4 is 23.2 Å². The molecule has 0 spiro atoms. The van der Waals surface area contributed by atoms with Gasteiger partial charge in [-0.3, -0.25) is 9.59 Å². The second-order valence-electron chi connectivity index (χ2n) is 6.55. The lowest BCUT2D eigenvalue weighted by atomic mass is 10.1. The number of amides is 2. The van der Waals surface area contributed by atoms with Gasteiger partial charge in [-0.1, -0.05) is 13.8 Å². The van der Waals surface area contributed by atoms with Crippen molar-refractivity contribution in [3.63, 3.8) is 0 Å². The second-order valence-corrected chi connectivity index (χ2v) is 6.55. The standard InChI is InChI=1S/C19H29N3O2/c1-5-21(6-2)19(24)16-13-15(20-18(23)14(3)4)9-10-17(16)22-11-7-8-12-22/h9-10,13-14H,5-8,11-12H2,1-4H3,(H,20,23). The van der Waals surface area contributed by atoms with Crippen LogP contribution in [-0.4, -0.2) is 42.9 Å². The van der Waals surface area contributed by atoms with Crippen molar-refractivity contribution in [3.05, 3.63) is 23.8 Å². The topological polar surface area (TPSA) is 52.7 Å². The fourth-order valence-electron chi connectivity index (χ4n) is 2.99. The summed E-state index contributed by atoms with van der Waals surface area (Å²) in [6, 6.07) is 5.69. The smallest absolute Gasteiger partial charge is 0.256 e. The molecule has 5 heteroatoms. The molecule has 0 radical (unpaired) electrons. The first-order chi connectivity index (χ1) is 11.5. The number of carbonyl (C=O) groups is 2. The van der Waals surface area contributed by atoms with E-state index < -0.39 is 0 Å². The van der Waals surface area contributed by atoms with Gasteiger partial charge < -0.3 is 15.1 Å². The Balaban J connectivity index is 2.37. The molecule has 1 saturated heterocycles. The summed E-state index contributed by atoms with van der Waals surface area (Å²) in [6.45, 7) is 11.0. The first-order valence-corrected chi connectivity index (χ1v) is 8.97. The lowest BCUT2D eigenvalue weighted by molar-refractivity contribution is -0.118. The third-order valence-electron chi connectivity index (χ3n) is 4.52. The molecule has 132 valence electrons. The predicted molar refractivity (Wildman–Crippen MR) is 98.6 cm³/mol. The Hall–Kier alpha value is -2.04. The summed E-state index contributed by atoms with van der Waals surface area (Å²) in [5.74, 6) is -0.0992. The van der Waals surface area contributed by atoms with Gasteiger partial charge >= 0.3 is 0 Å². The average molecular weight is 331 g/mol. The van der Waals surface area contributed by atoms with Gasteiger partial charge in [0, 0.05) is 43.5 Å². The van der Waals surface area contributed by atoms with E-state index in [0.29, 0.717) is 24.3 Å². The molecule has 0 unspecified atom stereocenters. The predicted octanol–water partition coefficient (Wildman–Crippen LogP) is 3.36. The lowest BCUT2D eigenvalue weighted by Crippen LogP contribution is -2.32. The largest absolute Gasteiger partial charge is 0.371 e. The van der Waals surface area contributed by atoms with E-state index in [1.165, 1.54) is 0 Å². The Morgan fingerprint density at radius 2 is 1.79 bits per heavy atom. The number of nitrogens with one attached hydrogen (secondary N) is 1. The Morgan fingerprint density at radius 1 is 1.17 bits per heavy atom. The molecule has 1 aromatic carbocycles. The number of anilines is 2. The van der Waals surface area contributed by atoms with Crippen LogP contribution in [0.25, 0.3) is 0 Å². The highest BCUT2D eigenvalue weighted by atomic mass is 16.2. The summed E-state index contributed by atoms with van der Waals surface area (Å²) in [5, 5.41) is 2.90. The van der Waals surface area contributed by atoms with Crippen LogP contribution in [0.2, 0.25) is 0 Å². The molecular weight excluding hydrogens is 302 g/mol. The number of rotatable bonds is 6. The molecule has 0 aliphatic carbocycles. The molecule has 2 rings (SSSR count). The fraction of sp³-hybridized carbons (Fsp3) is 0.579. The van der Waals surface area contributed by atoms with Crippen LogP contribution < -0.4 is 10.2 Å². The van der Waals surface area contributed by atoms with E-state index in [0.717, 1.165) is 31.6 Å². The SMILES string of the molecule is CCN(CC)C(=O)c1cc(NC(=O)C(C)C)ccc1N1CCCC1. The van der Waals surface area contributed by atoms with Gasteiger partial charge in [-0.05, 0) is 44.9 Å². The second kappa shape index (κ2) is 8.18. The van der Waals surface area contributed by atoms with Crippen LogP contribution in [0.5, 0.6) is 0 Å². The maximum Gasteiger partial charge on any atom is 0.256 e. The van der Waals surface area contributed by atoms with Crippen molar-refractivity contribution in [2.75, 3.05) is 36.4 Å². The number of carbonyl (C=O) groups excluding carboxylic acids is 2. The summed E-state index contributed by atoms with van der Waals surface area (Å²) < 4.78 is 0. The molecule has 1 N–H and O–H groups in total. The van der Waals surface area contributed by atoms with Crippen molar-refractivity contribution in [1.29, 1.82) is 0 Å². The zero-order valence-corrected chi connectivity index (χ0v) is 15.3. The third-order valence-corrected chi connectivity index (χ3v) is 4.52. The molecule has 5 nitrogen and oxygen atoms in total. The van der Waals surface area contributed by atoms with Crippen LogP contribution >= 0.6 is 0 Å². The molecule has 1 aromatic rings. The zero-order chi connectivity index (χ0) is 17.7. The Morgan fingerprint density at radius 3 is 2.33 bits per heavy atom. The van der Waals surface area contributed by atoms with Crippen molar-refractivity contribution in [1.82, 2.24) is 4.90 Å². The molecule has 1 aliphatic rings. The summed E-state index contributed by atoms with van der Waals surface area (Å²) in [4.78, 5) is 29.0. The van der Waals surface area contributed by atoms with E-state index in [1.54, 1.807) is 0 Å². The van der Waals surface area contributed by atoms with Gasteiger partial charge in [-0.15, -0.1) is 0 Å². The maximum atomic E-state index is 12.9. The van der Waals surface area contributed by atoms with Crippen LogP contribution in [0, 0.1) is 5.92 Å². The minimum atomic E-state index is -0.0924. The molecule has 1 aliphatic heterocycles. The molecule has 0 aromatic heterocycles. The van der Waals surface area contributed by atoms with E-state index >= 15 is 0 Å². The third kappa shape index (κ3) is 4.08. The van der Waals surface area contributed by atoms with E-state index in [-0.39, 0.29) is 17.7 Å². The fourth-order valence-corrected chi connectivity index (χ4v) is 2.99. The van der Waals surface area contributed by atoms with Crippen molar-refractivity contribution in [2.45, 2.75) is 40.5 Å². The average Bonchev–Trinajstić information content (AvgIpc) is 3.10. The van der Waals surface area contributed by atoms with Crippen LogP contribution in [-0.2, 0) is 4.79 Å². The van der Waals surface area contributed by atoms with Crippen molar-refractivity contribution in [3.8, 4) is 0 Å². The number of hydrogen-bond donors (Lipinski definition) is 1. The highest BCUT2D eigenvalue weighted by Crippen LogP contribution is 2.29. The Kier molecular flexibility index (Phi) is 6.23. The van der Waals surface area contributed by atoms with Crippen LogP contribution in [0.3, 0.4) is 0 Å². The molecule has 24 heavy (non-hydrogen) atoms. The van der Waals surface area contributed by atoms with Gasteiger partial charge in [-0.25, -0.2) is 0 Å². The number of hydrogen-bond acceptors (Lipinski definition) is 3. The molecule has 1 heterocycles. The highest BCUT2D eigenvalue weighted by Gasteiger charge is 2.23. The van der Waals surface area contributed by atoms with Crippen LogP contribution in [0.4, 0.5) is 11.4 Å². The van der Waals surface area contributed by atoms with Crippen molar-refractivity contribution < 1.29 is 9.59 Å². The van der Waals surface area contributed by atoms with E-state index in [4.69, 9.17) is 0 Å². The van der Waals surface area contributed by atoms with Gasteiger partial charge in [0.1, 0.15) is 0 Å². The highest BCUT2D eigenvalue weighted by molar-refractivity contribution is 6.02. The van der Waals surface area contributed by atoms with Gasteiger partial charge in [0.15, 0.2) is 0 Å². The molecular formula is C19H29N3O2. The normalized spacial score (nSPS) is 14.1. The minimum absolute atomic E-state index is 0.0301. The minimum Gasteiger partial charge on any atom is -0.371 e. The molecule has 0 bridgehead atoms. The van der Waals surface area contributed by atoms with E-state index in [2.05, 4.69) is 10.2 Å². The van der Waals surface area contributed by atoms with Crippen molar-refractivity contribution in [2.24, 2.45) is 5.92 Å². The Bertz CT molecular complexity index is 588. The van der Waals surface area contributed by atoms with Gasteiger partial charge in [0.2, 0.25) is 5.91 Å². The monoisotopic (exact) mass is 331 g/mol. The summed E-state index contributed by atoms with van der Waals surface area (Å²) in [6.07, 6.45) is 2.31. The lowest BCUT2D eigenvalue weighted by Gasteiger charge is -2.25. The summed E-state index contributed by atoms with van der Waals surface area (Å²) in [5.41, 5.74) is 2.35. The number of benzene rings is 1. The number of nitrogens with zero attached hydrogens (tertiary/aromatic N) is 2. The van der Waals surface area contributed by atoms with Crippen LogP contribution in [0.15, 0.2) is 18.2 Å². The zero-order valence-electron chi connectivity index (χ0n) is 15.3. The van der Waals surface area contributed by atoms with E-state index in [1.807, 2.05) is 50.8 Å². The summed E-state index contributed by atoms with van der Waals surface area (Å²) >= 11 is 0. The molecule has 0 saturated carbocycles. The van der Waals surface area contributed by atoms with E-state index in [9.17, 15) is 9.59 Å². The molecule has 0 atom stereocenters. The quantitative estimate of drug-likeness (QED) is 0.869. The maximum absolute atomic E-state index is 12.9. The Labute approximate surface area is 145 Å². The first kappa shape index (κ1) is 18.3.